The smallest absolute Gasteiger partial charge is 0.231 e. The molecule has 0 unspecified atom stereocenters. The molecule has 2 aliphatic rings. The van der Waals surface area contributed by atoms with Crippen LogP contribution >= 0.6 is 24.0 Å². The molecule has 1 aromatic carbocycles. The quantitative estimate of drug-likeness (QED) is 0.327. The number of ether oxygens (including phenoxy) is 2. The van der Waals surface area contributed by atoms with E-state index in [0.717, 1.165) is 43.5 Å². The fraction of sp³-hybridized carbons (Fsp3) is 0.588. The van der Waals surface area contributed by atoms with Crippen molar-refractivity contribution in [3.63, 3.8) is 0 Å². The molecule has 0 amide bonds. The van der Waals surface area contributed by atoms with Gasteiger partial charge in [0.15, 0.2) is 27.3 Å². The average molecular weight is 510 g/mol. The van der Waals surface area contributed by atoms with Crippen LogP contribution in [0.2, 0.25) is 0 Å². The van der Waals surface area contributed by atoms with Crippen LogP contribution in [0.15, 0.2) is 23.2 Å². The minimum Gasteiger partial charge on any atom is -0.454 e. The van der Waals surface area contributed by atoms with Gasteiger partial charge in [-0.25, -0.2) is 8.42 Å². The topological polar surface area (TPSA) is 92.3 Å². The second-order valence-electron chi connectivity index (χ2n) is 6.36. The van der Waals surface area contributed by atoms with Crippen LogP contribution in [0, 0.1) is 0 Å². The van der Waals surface area contributed by atoms with Crippen molar-refractivity contribution >= 4 is 39.8 Å². The van der Waals surface area contributed by atoms with Crippen LogP contribution in [-0.2, 0) is 16.3 Å². The van der Waals surface area contributed by atoms with Crippen LogP contribution in [0.4, 0.5) is 0 Å². The van der Waals surface area contributed by atoms with E-state index in [1.165, 1.54) is 5.56 Å². The summed E-state index contributed by atoms with van der Waals surface area (Å²) in [6.45, 7) is 3.79. The highest BCUT2D eigenvalue weighted by atomic mass is 127. The van der Waals surface area contributed by atoms with Crippen molar-refractivity contribution in [1.82, 2.24) is 15.5 Å². The van der Waals surface area contributed by atoms with Crippen molar-refractivity contribution < 1.29 is 17.9 Å². The molecule has 152 valence electrons. The number of nitrogens with one attached hydrogen (secondary N) is 2. The summed E-state index contributed by atoms with van der Waals surface area (Å²) in [6, 6.07) is 5.98. The van der Waals surface area contributed by atoms with E-state index >= 15 is 0 Å². The number of benzene rings is 1. The third-order valence-corrected chi connectivity index (χ3v) is 6.13. The summed E-state index contributed by atoms with van der Waals surface area (Å²) < 4.78 is 33.6. The molecule has 0 aliphatic carbocycles. The van der Waals surface area contributed by atoms with Crippen molar-refractivity contribution in [3.8, 4) is 11.5 Å². The van der Waals surface area contributed by atoms with E-state index < -0.39 is 9.84 Å². The summed E-state index contributed by atoms with van der Waals surface area (Å²) in [7, 11) is -1.08. The first kappa shape index (κ1) is 22.0. The van der Waals surface area contributed by atoms with Crippen LogP contribution in [0.1, 0.15) is 5.56 Å². The number of hydrogen-bond acceptors (Lipinski definition) is 6. The highest BCUT2D eigenvalue weighted by Crippen LogP contribution is 2.32. The van der Waals surface area contributed by atoms with Crippen LogP contribution in [0.25, 0.3) is 0 Å². The maximum absolute atomic E-state index is 11.4. The molecule has 0 radical (unpaired) electrons. The number of aliphatic imine (C=N–C) groups is 1. The zero-order valence-corrected chi connectivity index (χ0v) is 18.6. The Morgan fingerprint density at radius 1 is 1.15 bits per heavy atom. The van der Waals surface area contributed by atoms with E-state index in [1.54, 1.807) is 7.05 Å². The highest BCUT2D eigenvalue weighted by Gasteiger charge is 2.20. The molecule has 1 fully saturated rings. The molecule has 2 N–H and O–H groups in total. The Bertz CT molecular complexity index is 743. The molecule has 3 rings (SSSR count). The Morgan fingerprint density at radius 3 is 2.59 bits per heavy atom. The van der Waals surface area contributed by atoms with Crippen molar-refractivity contribution in [3.05, 3.63) is 23.8 Å². The summed E-state index contributed by atoms with van der Waals surface area (Å²) >= 11 is 0. The van der Waals surface area contributed by atoms with E-state index in [9.17, 15) is 8.42 Å². The largest absolute Gasteiger partial charge is 0.454 e. The molecule has 2 heterocycles. The minimum atomic E-state index is -2.82. The van der Waals surface area contributed by atoms with Gasteiger partial charge in [0.1, 0.15) is 0 Å². The zero-order chi connectivity index (χ0) is 18.4. The Labute approximate surface area is 177 Å². The van der Waals surface area contributed by atoms with Gasteiger partial charge in [0.05, 0.1) is 11.5 Å². The van der Waals surface area contributed by atoms with Gasteiger partial charge in [0, 0.05) is 39.8 Å². The van der Waals surface area contributed by atoms with Gasteiger partial charge in [-0.3, -0.25) is 9.89 Å². The molecule has 0 bridgehead atoms. The van der Waals surface area contributed by atoms with E-state index in [0.29, 0.717) is 13.1 Å². The Morgan fingerprint density at radius 2 is 1.85 bits per heavy atom. The fourth-order valence-electron chi connectivity index (χ4n) is 2.95. The molecule has 27 heavy (non-hydrogen) atoms. The first-order valence-electron chi connectivity index (χ1n) is 8.81. The van der Waals surface area contributed by atoms with Crippen LogP contribution in [0.3, 0.4) is 0 Å². The summed E-state index contributed by atoms with van der Waals surface area (Å²) in [5.41, 5.74) is 1.17. The van der Waals surface area contributed by atoms with Crippen molar-refractivity contribution in [2.24, 2.45) is 4.99 Å². The number of guanidine groups is 1. The number of sulfone groups is 1. The van der Waals surface area contributed by atoms with Gasteiger partial charge >= 0.3 is 0 Å². The van der Waals surface area contributed by atoms with Crippen LogP contribution < -0.4 is 20.1 Å². The SMILES string of the molecule is CN=C(NCCc1ccc2c(c1)OCO2)NCCN1CCS(=O)(=O)CC1.I. The summed E-state index contributed by atoms with van der Waals surface area (Å²) in [4.78, 5) is 6.38. The maximum Gasteiger partial charge on any atom is 0.231 e. The lowest BCUT2D eigenvalue weighted by Crippen LogP contribution is -2.46. The molecular weight excluding hydrogens is 483 g/mol. The fourth-order valence-corrected chi connectivity index (χ4v) is 4.23. The molecule has 10 heteroatoms. The number of nitrogens with zero attached hydrogens (tertiary/aromatic N) is 2. The normalized spacial score (nSPS) is 18.6. The lowest BCUT2D eigenvalue weighted by atomic mass is 10.1. The first-order chi connectivity index (χ1) is 12.6. The Hall–Kier alpha value is -1.27. The average Bonchev–Trinajstić information content (AvgIpc) is 3.09. The van der Waals surface area contributed by atoms with Gasteiger partial charge in [-0.2, -0.15) is 0 Å². The molecule has 2 aliphatic heterocycles. The molecule has 0 atom stereocenters. The van der Waals surface area contributed by atoms with E-state index in [-0.39, 0.29) is 42.3 Å². The molecule has 8 nitrogen and oxygen atoms in total. The lowest BCUT2D eigenvalue weighted by Gasteiger charge is -2.26. The minimum absolute atomic E-state index is 0. The standard InChI is InChI=1S/C17H26N4O4S.HI/c1-18-17(20-6-7-21-8-10-26(22,23)11-9-21)19-5-4-14-2-3-15-16(12-14)25-13-24-15;/h2-3,12H,4-11,13H2,1H3,(H2,18,19,20);1H. The number of hydrogen-bond donors (Lipinski definition) is 2. The van der Waals surface area contributed by atoms with Crippen molar-refractivity contribution in [1.29, 1.82) is 0 Å². The second-order valence-corrected chi connectivity index (χ2v) is 8.66. The predicted octanol–water partition coefficient (Wildman–Crippen LogP) is 0.471. The van der Waals surface area contributed by atoms with Crippen molar-refractivity contribution in [2.75, 3.05) is 58.1 Å². The van der Waals surface area contributed by atoms with Gasteiger partial charge in [0.2, 0.25) is 6.79 Å². The first-order valence-corrected chi connectivity index (χ1v) is 10.6. The van der Waals surface area contributed by atoms with Crippen LogP contribution in [0.5, 0.6) is 11.5 Å². The Balaban J connectivity index is 0.00000261. The summed E-state index contributed by atoms with van der Waals surface area (Å²) in [6.07, 6.45) is 0.849. The van der Waals surface area contributed by atoms with E-state index in [4.69, 9.17) is 9.47 Å². The van der Waals surface area contributed by atoms with Gasteiger partial charge in [-0.05, 0) is 24.1 Å². The molecule has 1 aromatic rings. The molecular formula is C17H27IN4O4S. The summed E-state index contributed by atoms with van der Waals surface area (Å²) in [5.74, 6) is 2.86. The van der Waals surface area contributed by atoms with Gasteiger partial charge in [-0.1, -0.05) is 6.07 Å². The van der Waals surface area contributed by atoms with Gasteiger partial charge < -0.3 is 20.1 Å². The molecule has 0 saturated carbocycles. The monoisotopic (exact) mass is 510 g/mol. The molecule has 1 saturated heterocycles. The number of fused-ring (bicyclic) bond motifs is 1. The van der Waals surface area contributed by atoms with E-state index in [1.807, 2.05) is 18.2 Å². The Kier molecular flexibility index (Phi) is 8.42. The number of rotatable bonds is 6. The maximum atomic E-state index is 11.4. The molecule has 0 spiro atoms. The van der Waals surface area contributed by atoms with Gasteiger partial charge in [-0.15, -0.1) is 24.0 Å². The summed E-state index contributed by atoms with van der Waals surface area (Å²) in [5, 5.41) is 6.56. The second kappa shape index (κ2) is 10.3. The third-order valence-electron chi connectivity index (χ3n) is 4.52. The number of halogens is 1. The lowest BCUT2D eigenvalue weighted by molar-refractivity contribution is 0.174. The zero-order valence-electron chi connectivity index (χ0n) is 15.4. The molecule has 0 aromatic heterocycles. The van der Waals surface area contributed by atoms with E-state index in [2.05, 4.69) is 20.5 Å². The third kappa shape index (κ3) is 6.68. The van der Waals surface area contributed by atoms with Crippen molar-refractivity contribution in [2.45, 2.75) is 6.42 Å². The highest BCUT2D eigenvalue weighted by molar-refractivity contribution is 14.0. The van der Waals surface area contributed by atoms with Gasteiger partial charge in [0.25, 0.3) is 0 Å². The predicted molar refractivity (Wildman–Crippen MR) is 116 cm³/mol. The van der Waals surface area contributed by atoms with Crippen LogP contribution in [-0.4, -0.2) is 77.3 Å².